The van der Waals surface area contributed by atoms with Crippen LogP contribution in [0.3, 0.4) is 0 Å². The highest BCUT2D eigenvalue weighted by atomic mass is 32.2. The van der Waals surface area contributed by atoms with Gasteiger partial charge in [0.15, 0.2) is 9.84 Å². The van der Waals surface area contributed by atoms with Gasteiger partial charge in [0, 0.05) is 0 Å². The summed E-state index contributed by atoms with van der Waals surface area (Å²) in [5.74, 6) is -0.685. The zero-order valence-electron chi connectivity index (χ0n) is 11.1. The predicted molar refractivity (Wildman–Crippen MR) is 72.3 cm³/mol. The van der Waals surface area contributed by atoms with Crippen LogP contribution in [-0.4, -0.2) is 25.2 Å². The zero-order chi connectivity index (χ0) is 14.2. The van der Waals surface area contributed by atoms with Crippen molar-refractivity contribution < 1.29 is 18.3 Å². The topological polar surface area (TPSA) is 71.4 Å². The van der Waals surface area contributed by atoms with E-state index in [1.165, 1.54) is 6.07 Å². The average molecular weight is 282 g/mol. The van der Waals surface area contributed by atoms with E-state index in [0.717, 1.165) is 12.8 Å². The minimum absolute atomic E-state index is 0.0755. The van der Waals surface area contributed by atoms with Gasteiger partial charge in [0.05, 0.1) is 16.2 Å². The summed E-state index contributed by atoms with van der Waals surface area (Å²) in [6, 6.07) is 3.11. The van der Waals surface area contributed by atoms with Crippen molar-refractivity contribution in [3.63, 3.8) is 0 Å². The number of carbonyl (C=O) groups is 1. The quantitative estimate of drug-likeness (QED) is 0.900. The van der Waals surface area contributed by atoms with E-state index in [4.69, 9.17) is 5.11 Å². The van der Waals surface area contributed by atoms with E-state index in [2.05, 4.69) is 0 Å². The molecule has 0 spiro atoms. The number of hydrogen-bond acceptors (Lipinski definition) is 3. The second-order valence-corrected chi connectivity index (χ2v) is 7.08. The largest absolute Gasteiger partial charge is 0.478 e. The SMILES string of the molecule is CCc1ccc(C(=O)O)c(C)c1S(=O)(=O)CC1CC1. The summed E-state index contributed by atoms with van der Waals surface area (Å²) >= 11 is 0. The summed E-state index contributed by atoms with van der Waals surface area (Å²) in [6.45, 7) is 3.47. The molecule has 1 aliphatic carbocycles. The molecule has 0 heterocycles. The fourth-order valence-electron chi connectivity index (χ4n) is 2.37. The van der Waals surface area contributed by atoms with Gasteiger partial charge in [-0.3, -0.25) is 0 Å². The maximum atomic E-state index is 12.5. The summed E-state index contributed by atoms with van der Waals surface area (Å²) in [5, 5.41) is 9.12. The normalized spacial score (nSPS) is 15.5. The molecule has 0 saturated heterocycles. The fraction of sp³-hybridized carbons (Fsp3) is 0.500. The molecule has 0 amide bonds. The van der Waals surface area contributed by atoms with Crippen molar-refractivity contribution in [2.24, 2.45) is 5.92 Å². The molecule has 0 radical (unpaired) electrons. The first kappa shape index (κ1) is 14.1. The molecule has 2 rings (SSSR count). The second-order valence-electron chi connectivity index (χ2n) is 5.11. The Balaban J connectivity index is 2.58. The lowest BCUT2D eigenvalue weighted by molar-refractivity contribution is 0.0696. The maximum Gasteiger partial charge on any atom is 0.335 e. The minimum Gasteiger partial charge on any atom is -0.478 e. The lowest BCUT2D eigenvalue weighted by Gasteiger charge is -2.14. The van der Waals surface area contributed by atoms with Crippen LogP contribution >= 0.6 is 0 Å². The number of aromatic carboxylic acids is 1. The van der Waals surface area contributed by atoms with Gasteiger partial charge >= 0.3 is 5.97 Å². The molecule has 1 aromatic rings. The van der Waals surface area contributed by atoms with E-state index >= 15 is 0 Å². The van der Waals surface area contributed by atoms with Gasteiger partial charge in [-0.2, -0.15) is 0 Å². The zero-order valence-corrected chi connectivity index (χ0v) is 12.0. The van der Waals surface area contributed by atoms with Crippen LogP contribution in [0.15, 0.2) is 17.0 Å². The number of sulfone groups is 1. The Morgan fingerprint density at radius 1 is 1.37 bits per heavy atom. The van der Waals surface area contributed by atoms with Crippen LogP contribution in [-0.2, 0) is 16.3 Å². The summed E-state index contributed by atoms with van der Waals surface area (Å²) in [5.41, 5.74) is 1.15. The van der Waals surface area contributed by atoms with E-state index in [9.17, 15) is 13.2 Å². The third-order valence-electron chi connectivity index (χ3n) is 3.56. The Morgan fingerprint density at radius 2 is 2.00 bits per heavy atom. The molecule has 1 N–H and O–H groups in total. The Morgan fingerprint density at radius 3 is 2.47 bits per heavy atom. The van der Waals surface area contributed by atoms with Crippen molar-refractivity contribution >= 4 is 15.8 Å². The van der Waals surface area contributed by atoms with Gasteiger partial charge in [0.2, 0.25) is 0 Å². The molecule has 1 fully saturated rings. The fourth-order valence-corrected chi connectivity index (χ4v) is 4.68. The molecule has 19 heavy (non-hydrogen) atoms. The molecule has 0 bridgehead atoms. The maximum absolute atomic E-state index is 12.5. The number of hydrogen-bond donors (Lipinski definition) is 1. The van der Waals surface area contributed by atoms with Crippen LogP contribution in [0.1, 0.15) is 41.3 Å². The molecule has 0 aromatic heterocycles. The number of aryl methyl sites for hydroxylation is 1. The molecule has 0 unspecified atom stereocenters. The van der Waals surface area contributed by atoms with Crippen molar-refractivity contribution in [2.45, 2.75) is 38.0 Å². The van der Waals surface area contributed by atoms with E-state index in [1.54, 1.807) is 13.0 Å². The molecule has 1 saturated carbocycles. The van der Waals surface area contributed by atoms with Crippen molar-refractivity contribution in [3.05, 3.63) is 28.8 Å². The highest BCUT2D eigenvalue weighted by Gasteiger charge is 2.32. The van der Waals surface area contributed by atoms with Crippen LogP contribution < -0.4 is 0 Å². The van der Waals surface area contributed by atoms with Crippen LogP contribution in [0.2, 0.25) is 0 Å². The Kier molecular flexibility index (Phi) is 3.67. The molecular weight excluding hydrogens is 264 g/mol. The summed E-state index contributed by atoms with van der Waals surface area (Å²) < 4.78 is 24.9. The van der Waals surface area contributed by atoms with Gasteiger partial charge in [-0.1, -0.05) is 13.0 Å². The van der Waals surface area contributed by atoms with Crippen LogP contribution in [0.5, 0.6) is 0 Å². The number of rotatable bonds is 5. The second kappa shape index (κ2) is 4.96. The van der Waals surface area contributed by atoms with Crippen LogP contribution in [0.25, 0.3) is 0 Å². The molecule has 4 nitrogen and oxygen atoms in total. The predicted octanol–water partition coefficient (Wildman–Crippen LogP) is 2.44. The monoisotopic (exact) mass is 282 g/mol. The van der Waals surface area contributed by atoms with Crippen molar-refractivity contribution in [3.8, 4) is 0 Å². The molecule has 5 heteroatoms. The van der Waals surface area contributed by atoms with Gasteiger partial charge in [-0.25, -0.2) is 13.2 Å². The van der Waals surface area contributed by atoms with Crippen LogP contribution in [0.4, 0.5) is 0 Å². The molecular formula is C14H18O4S. The number of carboxylic acid groups (broad SMARTS) is 1. The summed E-state index contributed by atoms with van der Waals surface area (Å²) in [7, 11) is -3.39. The van der Waals surface area contributed by atoms with E-state index in [1.807, 2.05) is 6.92 Å². The summed E-state index contributed by atoms with van der Waals surface area (Å²) in [6.07, 6.45) is 2.50. The first-order chi connectivity index (χ1) is 8.86. The third kappa shape index (κ3) is 2.81. The highest BCUT2D eigenvalue weighted by Crippen LogP contribution is 2.34. The average Bonchev–Trinajstić information content (AvgIpc) is 3.10. The van der Waals surface area contributed by atoms with Gasteiger partial charge in [-0.05, 0) is 49.3 Å². The smallest absolute Gasteiger partial charge is 0.335 e. The van der Waals surface area contributed by atoms with Crippen molar-refractivity contribution in [2.75, 3.05) is 5.75 Å². The van der Waals surface area contributed by atoms with Gasteiger partial charge in [-0.15, -0.1) is 0 Å². The third-order valence-corrected chi connectivity index (χ3v) is 5.66. The molecule has 1 aliphatic rings. The molecule has 0 aliphatic heterocycles. The molecule has 104 valence electrons. The lowest BCUT2D eigenvalue weighted by Crippen LogP contribution is -2.15. The standard InChI is InChI=1S/C14H18O4S/c1-3-11-6-7-12(14(15)16)9(2)13(11)19(17,18)8-10-4-5-10/h6-7,10H,3-5,8H2,1-2H3,(H,15,16). The lowest BCUT2D eigenvalue weighted by atomic mass is 10.0. The Hall–Kier alpha value is -1.36. The van der Waals surface area contributed by atoms with E-state index < -0.39 is 15.8 Å². The Labute approximate surface area is 113 Å². The van der Waals surface area contributed by atoms with E-state index in [-0.39, 0.29) is 22.1 Å². The summed E-state index contributed by atoms with van der Waals surface area (Å²) in [4.78, 5) is 11.4. The van der Waals surface area contributed by atoms with E-state index in [0.29, 0.717) is 17.5 Å². The molecule has 1 aromatic carbocycles. The van der Waals surface area contributed by atoms with Gasteiger partial charge in [0.1, 0.15) is 0 Å². The van der Waals surface area contributed by atoms with Crippen LogP contribution in [0, 0.1) is 12.8 Å². The first-order valence-corrected chi connectivity index (χ1v) is 8.10. The van der Waals surface area contributed by atoms with Crippen molar-refractivity contribution in [1.82, 2.24) is 0 Å². The number of carboxylic acids is 1. The highest BCUT2D eigenvalue weighted by molar-refractivity contribution is 7.91. The number of benzene rings is 1. The van der Waals surface area contributed by atoms with Gasteiger partial charge in [0.25, 0.3) is 0 Å². The first-order valence-electron chi connectivity index (χ1n) is 6.45. The Bertz CT molecular complexity index is 613. The van der Waals surface area contributed by atoms with Crippen molar-refractivity contribution in [1.29, 1.82) is 0 Å². The van der Waals surface area contributed by atoms with Gasteiger partial charge < -0.3 is 5.11 Å². The minimum atomic E-state index is -3.39. The molecule has 0 atom stereocenters.